The van der Waals surface area contributed by atoms with Crippen LogP contribution < -0.4 is 9.47 Å². The molecule has 0 fully saturated rings. The highest BCUT2D eigenvalue weighted by Gasteiger charge is 2.32. The van der Waals surface area contributed by atoms with Crippen molar-refractivity contribution < 1.29 is 24.2 Å². The van der Waals surface area contributed by atoms with Gasteiger partial charge in [0.1, 0.15) is 17.2 Å². The van der Waals surface area contributed by atoms with Crippen molar-refractivity contribution in [1.82, 2.24) is 19.2 Å². The lowest BCUT2D eigenvalue weighted by molar-refractivity contribution is 0.0696. The number of fused-ring (bicyclic) bond motifs is 3. The Balaban J connectivity index is 1.38. The van der Waals surface area contributed by atoms with Crippen molar-refractivity contribution in [1.29, 1.82) is 0 Å². The van der Waals surface area contributed by atoms with Crippen LogP contribution in [0.4, 0.5) is 0 Å². The third kappa shape index (κ3) is 8.13. The van der Waals surface area contributed by atoms with Crippen molar-refractivity contribution >= 4 is 46.0 Å². The Bertz CT molecular complexity index is 2200. The van der Waals surface area contributed by atoms with E-state index in [2.05, 4.69) is 18.4 Å². The fourth-order valence-corrected chi connectivity index (χ4v) is 8.05. The highest BCUT2D eigenvalue weighted by Crippen LogP contribution is 2.43. The average molecular weight is 774 g/mol. The molecule has 3 aromatic carbocycles. The van der Waals surface area contributed by atoms with Gasteiger partial charge in [0.2, 0.25) is 0 Å². The van der Waals surface area contributed by atoms with Crippen LogP contribution in [0.3, 0.4) is 0 Å². The molecule has 3 heterocycles. The first-order valence-electron chi connectivity index (χ1n) is 18.8. The van der Waals surface area contributed by atoms with Crippen molar-refractivity contribution in [2.24, 2.45) is 13.0 Å². The molecule has 0 atom stereocenters. The lowest BCUT2D eigenvalue weighted by atomic mass is 9.98. The number of hydrogen-bond donors (Lipinski definition) is 1. The van der Waals surface area contributed by atoms with Crippen LogP contribution in [0.25, 0.3) is 22.0 Å². The molecule has 0 unspecified atom stereocenters. The number of ether oxygens (including phenoxy) is 2. The Morgan fingerprint density at radius 2 is 1.61 bits per heavy atom. The third-order valence-corrected chi connectivity index (χ3v) is 11.3. The summed E-state index contributed by atoms with van der Waals surface area (Å²) in [6, 6.07) is 12.9. The molecule has 1 N–H and O–H groups in total. The van der Waals surface area contributed by atoms with Gasteiger partial charge in [-0.3, -0.25) is 9.48 Å². The second-order valence-electron chi connectivity index (χ2n) is 14.9. The van der Waals surface area contributed by atoms with Gasteiger partial charge in [-0.25, -0.2) is 4.79 Å². The van der Waals surface area contributed by atoms with Crippen LogP contribution in [0, 0.1) is 33.6 Å². The molecule has 6 rings (SSSR count). The number of aromatic nitrogens is 3. The lowest BCUT2D eigenvalue weighted by Gasteiger charge is -2.22. The highest BCUT2D eigenvalue weighted by molar-refractivity contribution is 6.35. The lowest BCUT2D eigenvalue weighted by Crippen LogP contribution is -2.31. The van der Waals surface area contributed by atoms with E-state index in [0.29, 0.717) is 73.5 Å². The summed E-state index contributed by atoms with van der Waals surface area (Å²) < 4.78 is 16.3. The van der Waals surface area contributed by atoms with Crippen molar-refractivity contribution in [3.63, 3.8) is 0 Å². The molecule has 1 amide bonds. The molecule has 0 bridgehead atoms. The number of rotatable bonds is 14. The van der Waals surface area contributed by atoms with Gasteiger partial charge in [-0.15, -0.1) is 0 Å². The monoisotopic (exact) mass is 772 g/mol. The van der Waals surface area contributed by atoms with E-state index >= 15 is 0 Å². The molecule has 1 aliphatic rings. The number of carbonyl (C=O) groups is 2. The highest BCUT2D eigenvalue weighted by atomic mass is 35.5. The molecule has 1 aliphatic heterocycles. The molecule has 2 aromatic heterocycles. The maximum atomic E-state index is 14.9. The molecule has 0 aliphatic carbocycles. The fraction of sp³-hybridized carbons (Fsp3) is 0.419. The Morgan fingerprint density at radius 1 is 0.926 bits per heavy atom. The van der Waals surface area contributed by atoms with Gasteiger partial charge in [0.25, 0.3) is 5.91 Å². The molecule has 0 saturated carbocycles. The van der Waals surface area contributed by atoms with Crippen LogP contribution in [0.15, 0.2) is 42.5 Å². The van der Waals surface area contributed by atoms with E-state index in [1.165, 1.54) is 0 Å². The zero-order chi connectivity index (χ0) is 38.8. The first kappa shape index (κ1) is 39.2. The number of carboxylic acids is 1. The molecule has 0 radical (unpaired) electrons. The van der Waals surface area contributed by atoms with E-state index < -0.39 is 5.97 Å². The summed E-state index contributed by atoms with van der Waals surface area (Å²) in [6.45, 7) is 14.6. The second kappa shape index (κ2) is 16.5. The van der Waals surface area contributed by atoms with Crippen LogP contribution in [0.1, 0.15) is 94.0 Å². The second-order valence-corrected chi connectivity index (χ2v) is 15.7. The van der Waals surface area contributed by atoms with E-state index in [0.717, 1.165) is 73.7 Å². The summed E-state index contributed by atoms with van der Waals surface area (Å²) in [5.41, 5.74) is 8.97. The van der Waals surface area contributed by atoms with Crippen molar-refractivity contribution in [3.05, 3.63) is 97.4 Å². The zero-order valence-corrected chi connectivity index (χ0v) is 33.8. The largest absolute Gasteiger partial charge is 0.494 e. The van der Waals surface area contributed by atoms with Crippen molar-refractivity contribution in [2.45, 2.75) is 86.7 Å². The van der Waals surface area contributed by atoms with Gasteiger partial charge < -0.3 is 24.0 Å². The van der Waals surface area contributed by atoms with Crippen molar-refractivity contribution in [3.8, 4) is 22.6 Å². The number of carboxylic acid groups (broad SMARTS) is 1. The Labute approximate surface area is 327 Å². The number of amides is 1. The number of carbonyl (C=O) groups excluding carboxylic acids is 1. The molecule has 286 valence electrons. The van der Waals surface area contributed by atoms with E-state index in [1.807, 2.05) is 74.7 Å². The summed E-state index contributed by atoms with van der Waals surface area (Å²) in [5, 5.41) is 17.0. The number of nitrogens with zero attached hydrogens (tertiary/aromatic N) is 4. The fourth-order valence-electron chi connectivity index (χ4n) is 7.70. The Kier molecular flexibility index (Phi) is 12.0. The predicted octanol–water partition coefficient (Wildman–Crippen LogP) is 10.2. The van der Waals surface area contributed by atoms with Crippen LogP contribution in [-0.4, -0.2) is 56.0 Å². The minimum atomic E-state index is -1.04. The summed E-state index contributed by atoms with van der Waals surface area (Å²) in [5.74, 6) is 0.674. The first-order valence-corrected chi connectivity index (χ1v) is 19.5. The van der Waals surface area contributed by atoms with Gasteiger partial charge in [0, 0.05) is 53.9 Å². The maximum absolute atomic E-state index is 14.9. The molecule has 9 nitrogen and oxygen atoms in total. The summed E-state index contributed by atoms with van der Waals surface area (Å²) in [6.07, 6.45) is 3.86. The van der Waals surface area contributed by atoms with Gasteiger partial charge in [-0.1, -0.05) is 43.1 Å². The topological polar surface area (TPSA) is 98.8 Å². The summed E-state index contributed by atoms with van der Waals surface area (Å²) >= 11 is 13.5. The minimum absolute atomic E-state index is 0.106. The third-order valence-electron chi connectivity index (χ3n) is 10.4. The van der Waals surface area contributed by atoms with Crippen molar-refractivity contribution in [2.75, 3.05) is 19.8 Å². The van der Waals surface area contributed by atoms with E-state index in [-0.39, 0.29) is 18.0 Å². The first-order chi connectivity index (χ1) is 25.7. The van der Waals surface area contributed by atoms with Gasteiger partial charge in [-0.05, 0) is 124 Å². The number of aryl methyl sites for hydroxylation is 6. The molecular formula is C43H50Cl2N4O5. The number of aromatic carboxylic acids is 1. The van der Waals surface area contributed by atoms with Gasteiger partial charge in [-0.2, -0.15) is 5.10 Å². The SMILES string of the molecule is Cc1cc(OCCCc2c3n(c4c(-c5c(C)nn(C)c5C)c(Cl)ccc24)CCCN(Cc2cc(OCCCC(C)C)cc(C(=O)O)c2)C3=O)cc(C)c1Cl. The molecule has 0 spiro atoms. The normalized spacial score (nSPS) is 13.1. The Hall–Kier alpha value is -4.47. The maximum Gasteiger partial charge on any atom is 0.335 e. The zero-order valence-electron chi connectivity index (χ0n) is 32.3. The van der Waals surface area contributed by atoms with Gasteiger partial charge in [0.15, 0.2) is 0 Å². The quantitative estimate of drug-likeness (QED) is 0.113. The molecule has 11 heteroatoms. The molecule has 5 aromatic rings. The minimum Gasteiger partial charge on any atom is -0.494 e. The van der Waals surface area contributed by atoms with Gasteiger partial charge in [0.05, 0.1) is 35.0 Å². The van der Waals surface area contributed by atoms with E-state index in [9.17, 15) is 14.7 Å². The summed E-state index contributed by atoms with van der Waals surface area (Å²) in [4.78, 5) is 28.9. The van der Waals surface area contributed by atoms with E-state index in [1.54, 1.807) is 12.1 Å². The molecule has 54 heavy (non-hydrogen) atoms. The standard InChI is InChI=1S/C43H50Cl2N4O5/c1-25(2)11-8-17-54-33-22-30(21-31(23-33)43(51)52)24-48-15-10-16-49-40-35(13-14-36(44)38(40)37-28(5)46-47(7)29(37)6)34(41(49)42(48)50)12-9-18-53-32-19-26(3)39(45)27(4)20-32/h13-14,19-23,25H,8-12,15-18,24H2,1-7H3,(H,51,52). The average Bonchev–Trinajstić information content (AvgIpc) is 3.50. The number of halogens is 2. The van der Waals surface area contributed by atoms with Gasteiger partial charge >= 0.3 is 5.97 Å². The van der Waals surface area contributed by atoms with E-state index in [4.69, 9.17) is 37.8 Å². The Morgan fingerprint density at radius 3 is 2.26 bits per heavy atom. The van der Waals surface area contributed by atoms with Crippen LogP contribution in [0.2, 0.25) is 10.0 Å². The predicted molar refractivity (Wildman–Crippen MR) is 216 cm³/mol. The van der Waals surface area contributed by atoms with Crippen LogP contribution >= 0.6 is 23.2 Å². The number of benzene rings is 3. The smallest absolute Gasteiger partial charge is 0.335 e. The van der Waals surface area contributed by atoms with Crippen LogP contribution in [0.5, 0.6) is 11.5 Å². The number of hydrogen-bond acceptors (Lipinski definition) is 5. The molecular weight excluding hydrogens is 723 g/mol. The van der Waals surface area contributed by atoms with Crippen LogP contribution in [-0.2, 0) is 26.6 Å². The molecule has 0 saturated heterocycles. The summed E-state index contributed by atoms with van der Waals surface area (Å²) in [7, 11) is 1.93.